The molecule has 0 saturated carbocycles. The van der Waals surface area contributed by atoms with E-state index in [4.69, 9.17) is 4.74 Å². The summed E-state index contributed by atoms with van der Waals surface area (Å²) in [5.41, 5.74) is 5.20. The maximum absolute atomic E-state index is 12.3. The maximum atomic E-state index is 12.3. The quantitative estimate of drug-likeness (QED) is 0.545. The molecule has 0 radical (unpaired) electrons. The van der Waals surface area contributed by atoms with Crippen LogP contribution in [0.3, 0.4) is 0 Å². The Kier molecular flexibility index (Phi) is 7.01. The monoisotopic (exact) mass is 481 g/mol. The van der Waals surface area contributed by atoms with Crippen LogP contribution < -0.4 is 15.6 Å². The molecular formula is C19H20BrN3O5S. The van der Waals surface area contributed by atoms with Crippen molar-refractivity contribution in [2.75, 3.05) is 13.2 Å². The number of benzene rings is 2. The SMILES string of the molecule is O=C(NNC(=O)c1ccccc1Br)c1ccc(S(=O)(=O)NCC2CCCO2)cc1. The summed E-state index contributed by atoms with van der Waals surface area (Å²) in [5.74, 6) is -1.05. The Labute approximate surface area is 177 Å². The van der Waals surface area contributed by atoms with Gasteiger partial charge in [0, 0.05) is 23.2 Å². The lowest BCUT2D eigenvalue weighted by Crippen LogP contribution is -2.41. The van der Waals surface area contributed by atoms with Crippen LogP contribution in [0.1, 0.15) is 33.6 Å². The highest BCUT2D eigenvalue weighted by molar-refractivity contribution is 9.10. The molecule has 2 aromatic rings. The van der Waals surface area contributed by atoms with Gasteiger partial charge in [0.25, 0.3) is 11.8 Å². The van der Waals surface area contributed by atoms with E-state index in [9.17, 15) is 18.0 Å². The number of carbonyl (C=O) groups is 2. The van der Waals surface area contributed by atoms with Crippen molar-refractivity contribution >= 4 is 37.8 Å². The normalized spacial score (nSPS) is 16.4. The summed E-state index contributed by atoms with van der Waals surface area (Å²) in [6, 6.07) is 12.2. The average molecular weight is 482 g/mol. The van der Waals surface area contributed by atoms with E-state index in [1.165, 1.54) is 24.3 Å². The zero-order chi connectivity index (χ0) is 20.9. The van der Waals surface area contributed by atoms with Crippen molar-refractivity contribution in [2.24, 2.45) is 0 Å². The summed E-state index contributed by atoms with van der Waals surface area (Å²) in [6.45, 7) is 0.861. The van der Waals surface area contributed by atoms with Crippen LogP contribution in [0.15, 0.2) is 57.9 Å². The molecule has 8 nitrogen and oxygen atoms in total. The molecule has 1 aliphatic rings. The number of sulfonamides is 1. The van der Waals surface area contributed by atoms with Gasteiger partial charge in [-0.25, -0.2) is 13.1 Å². The average Bonchev–Trinajstić information content (AvgIpc) is 3.24. The van der Waals surface area contributed by atoms with E-state index in [0.29, 0.717) is 16.6 Å². The van der Waals surface area contributed by atoms with E-state index in [2.05, 4.69) is 31.5 Å². The van der Waals surface area contributed by atoms with Crippen molar-refractivity contribution in [3.8, 4) is 0 Å². The number of ether oxygens (including phenoxy) is 1. The molecule has 154 valence electrons. The zero-order valence-electron chi connectivity index (χ0n) is 15.4. The molecule has 0 aliphatic carbocycles. The molecule has 0 spiro atoms. The Morgan fingerprint density at radius 1 is 1.03 bits per heavy atom. The van der Waals surface area contributed by atoms with Gasteiger partial charge in [-0.3, -0.25) is 20.4 Å². The van der Waals surface area contributed by atoms with Gasteiger partial charge in [0.05, 0.1) is 16.6 Å². The van der Waals surface area contributed by atoms with Crippen LogP contribution in [0, 0.1) is 0 Å². The van der Waals surface area contributed by atoms with Crippen molar-refractivity contribution in [1.29, 1.82) is 0 Å². The number of nitrogens with one attached hydrogen (secondary N) is 3. The molecule has 1 unspecified atom stereocenters. The molecule has 1 fully saturated rings. The van der Waals surface area contributed by atoms with E-state index < -0.39 is 21.8 Å². The fraction of sp³-hybridized carbons (Fsp3) is 0.263. The predicted molar refractivity (Wildman–Crippen MR) is 110 cm³/mol. The molecule has 0 aromatic heterocycles. The third-order valence-corrected chi connectivity index (χ3v) is 6.49. The highest BCUT2D eigenvalue weighted by Gasteiger charge is 2.20. The minimum Gasteiger partial charge on any atom is -0.377 e. The van der Waals surface area contributed by atoms with E-state index >= 15 is 0 Å². The first kappa shape index (κ1) is 21.4. The lowest BCUT2D eigenvalue weighted by molar-refractivity contribution is 0.0846. The first-order chi connectivity index (χ1) is 13.9. The summed E-state index contributed by atoms with van der Waals surface area (Å²) >= 11 is 3.27. The number of rotatable bonds is 6. The highest BCUT2D eigenvalue weighted by atomic mass is 79.9. The standard InChI is InChI=1S/C19H20BrN3O5S/c20-17-6-2-1-5-16(17)19(25)23-22-18(24)13-7-9-15(10-8-13)29(26,27)21-12-14-4-3-11-28-14/h1-2,5-10,14,21H,3-4,11-12H2,(H,22,24)(H,23,25). The van der Waals surface area contributed by atoms with Gasteiger partial charge in [0.1, 0.15) is 0 Å². The lowest BCUT2D eigenvalue weighted by atomic mass is 10.2. The van der Waals surface area contributed by atoms with Crippen LogP contribution in [-0.2, 0) is 14.8 Å². The van der Waals surface area contributed by atoms with Crippen LogP contribution in [0.4, 0.5) is 0 Å². The molecule has 3 rings (SSSR count). The summed E-state index contributed by atoms with van der Waals surface area (Å²) in [6.07, 6.45) is 1.64. The minimum absolute atomic E-state index is 0.0456. The van der Waals surface area contributed by atoms with Gasteiger partial charge < -0.3 is 4.74 Å². The summed E-state index contributed by atoms with van der Waals surface area (Å²) in [7, 11) is -3.69. The molecule has 1 saturated heterocycles. The molecule has 2 aromatic carbocycles. The van der Waals surface area contributed by atoms with E-state index in [-0.39, 0.29) is 23.1 Å². The van der Waals surface area contributed by atoms with Crippen molar-refractivity contribution in [2.45, 2.75) is 23.8 Å². The second-order valence-corrected chi connectivity index (χ2v) is 9.02. The van der Waals surface area contributed by atoms with Crippen LogP contribution in [0.25, 0.3) is 0 Å². The number of hydrazine groups is 1. The second-order valence-electron chi connectivity index (χ2n) is 6.40. The first-order valence-corrected chi connectivity index (χ1v) is 11.2. The van der Waals surface area contributed by atoms with E-state index in [1.54, 1.807) is 24.3 Å². The Hall–Kier alpha value is -2.27. The molecule has 1 aliphatic heterocycles. The van der Waals surface area contributed by atoms with Gasteiger partial charge in [-0.2, -0.15) is 0 Å². The number of hydrogen-bond acceptors (Lipinski definition) is 5. The fourth-order valence-corrected chi connectivity index (χ4v) is 4.31. The minimum atomic E-state index is -3.69. The van der Waals surface area contributed by atoms with Crippen LogP contribution in [0.2, 0.25) is 0 Å². The Balaban J connectivity index is 1.56. The second kappa shape index (κ2) is 9.49. The predicted octanol–water partition coefficient (Wildman–Crippen LogP) is 1.98. The molecule has 0 bridgehead atoms. The number of amides is 2. The third kappa shape index (κ3) is 5.63. The fourth-order valence-electron chi connectivity index (χ4n) is 2.78. The summed E-state index contributed by atoms with van der Waals surface area (Å²) in [4.78, 5) is 24.4. The van der Waals surface area contributed by atoms with Crippen LogP contribution >= 0.6 is 15.9 Å². The van der Waals surface area contributed by atoms with Gasteiger partial charge in [-0.1, -0.05) is 12.1 Å². The summed E-state index contributed by atoms with van der Waals surface area (Å²) in [5, 5.41) is 0. The molecule has 1 atom stereocenters. The molecule has 29 heavy (non-hydrogen) atoms. The summed E-state index contributed by atoms with van der Waals surface area (Å²) < 4.78 is 33.2. The van der Waals surface area contributed by atoms with Gasteiger partial charge in [-0.15, -0.1) is 0 Å². The molecule has 2 amide bonds. The van der Waals surface area contributed by atoms with Crippen molar-refractivity contribution < 1.29 is 22.7 Å². The zero-order valence-corrected chi connectivity index (χ0v) is 17.8. The van der Waals surface area contributed by atoms with Crippen molar-refractivity contribution in [3.63, 3.8) is 0 Å². The van der Waals surface area contributed by atoms with Crippen molar-refractivity contribution in [1.82, 2.24) is 15.6 Å². The Morgan fingerprint density at radius 2 is 1.72 bits per heavy atom. The number of halogens is 1. The third-order valence-electron chi connectivity index (χ3n) is 4.36. The number of hydrogen-bond donors (Lipinski definition) is 3. The number of carbonyl (C=O) groups excluding carboxylic acids is 2. The van der Waals surface area contributed by atoms with Gasteiger partial charge in [0.2, 0.25) is 10.0 Å². The van der Waals surface area contributed by atoms with E-state index in [0.717, 1.165) is 12.8 Å². The topological polar surface area (TPSA) is 114 Å². The maximum Gasteiger partial charge on any atom is 0.270 e. The molecule has 1 heterocycles. The molecular weight excluding hydrogens is 462 g/mol. The largest absolute Gasteiger partial charge is 0.377 e. The van der Waals surface area contributed by atoms with Crippen LogP contribution in [0.5, 0.6) is 0 Å². The highest BCUT2D eigenvalue weighted by Crippen LogP contribution is 2.16. The smallest absolute Gasteiger partial charge is 0.270 e. The van der Waals surface area contributed by atoms with Gasteiger partial charge in [0.15, 0.2) is 0 Å². The molecule has 3 N–H and O–H groups in total. The van der Waals surface area contributed by atoms with Crippen molar-refractivity contribution in [3.05, 3.63) is 64.1 Å². The van der Waals surface area contributed by atoms with Crippen LogP contribution in [-0.4, -0.2) is 39.5 Å². The van der Waals surface area contributed by atoms with E-state index in [1.807, 2.05) is 0 Å². The lowest BCUT2D eigenvalue weighted by Gasteiger charge is -2.12. The van der Waals surface area contributed by atoms with Gasteiger partial charge in [-0.05, 0) is 65.2 Å². The first-order valence-electron chi connectivity index (χ1n) is 8.93. The molecule has 10 heteroatoms. The Morgan fingerprint density at radius 3 is 2.38 bits per heavy atom. The van der Waals surface area contributed by atoms with Gasteiger partial charge >= 0.3 is 0 Å². The Bertz CT molecular complexity index is 989.